The zero-order chi connectivity index (χ0) is 18.7. The van der Waals surface area contributed by atoms with Crippen molar-refractivity contribution in [1.82, 2.24) is 5.43 Å². The fraction of sp³-hybridized carbons (Fsp3) is 0.167. The molecular weight excluding hydrogens is 466 g/mol. The SMILES string of the molecule is O=C(N/N=C/c1cc(Br)cc(Br)c1O)c1ccc(N2CCCC2=O)cc1. The molecule has 0 atom stereocenters. The highest BCUT2D eigenvalue weighted by atomic mass is 79.9. The monoisotopic (exact) mass is 479 g/mol. The molecule has 0 unspecified atom stereocenters. The van der Waals surface area contributed by atoms with E-state index in [9.17, 15) is 14.7 Å². The lowest BCUT2D eigenvalue weighted by Crippen LogP contribution is -2.24. The van der Waals surface area contributed by atoms with Crippen LogP contribution in [0.3, 0.4) is 0 Å². The Hall–Kier alpha value is -2.19. The number of nitrogens with one attached hydrogen (secondary N) is 1. The van der Waals surface area contributed by atoms with Crippen molar-refractivity contribution in [2.45, 2.75) is 12.8 Å². The molecule has 2 aromatic carbocycles. The van der Waals surface area contributed by atoms with Gasteiger partial charge in [0.25, 0.3) is 5.91 Å². The van der Waals surface area contributed by atoms with Gasteiger partial charge in [-0.1, -0.05) is 15.9 Å². The van der Waals surface area contributed by atoms with Gasteiger partial charge in [0.2, 0.25) is 5.91 Å². The van der Waals surface area contributed by atoms with E-state index in [1.54, 1.807) is 41.3 Å². The predicted octanol–water partition coefficient (Wildman–Crippen LogP) is 3.81. The molecule has 0 bridgehead atoms. The average molecular weight is 481 g/mol. The number of carbonyl (C=O) groups excluding carboxylic acids is 2. The molecule has 8 heteroatoms. The second-order valence-corrected chi connectivity index (χ2v) is 7.49. The Balaban J connectivity index is 1.66. The number of phenols is 1. The maximum absolute atomic E-state index is 12.2. The van der Waals surface area contributed by atoms with E-state index in [-0.39, 0.29) is 17.6 Å². The normalized spacial score (nSPS) is 14.2. The Kier molecular flexibility index (Phi) is 5.73. The zero-order valence-electron chi connectivity index (χ0n) is 13.6. The summed E-state index contributed by atoms with van der Waals surface area (Å²) < 4.78 is 1.29. The molecule has 0 aromatic heterocycles. The van der Waals surface area contributed by atoms with Gasteiger partial charge in [-0.3, -0.25) is 9.59 Å². The van der Waals surface area contributed by atoms with Crippen LogP contribution < -0.4 is 10.3 Å². The molecule has 2 N–H and O–H groups in total. The Bertz CT molecular complexity index is 882. The fourth-order valence-electron chi connectivity index (χ4n) is 2.62. The Labute approximate surface area is 167 Å². The topological polar surface area (TPSA) is 82.0 Å². The number of hydrogen-bond donors (Lipinski definition) is 2. The van der Waals surface area contributed by atoms with Crippen molar-refractivity contribution in [2.75, 3.05) is 11.4 Å². The number of hydrazone groups is 1. The molecule has 1 heterocycles. The lowest BCUT2D eigenvalue weighted by molar-refractivity contribution is -0.117. The number of amides is 2. The predicted molar refractivity (Wildman–Crippen MR) is 107 cm³/mol. The van der Waals surface area contributed by atoms with Gasteiger partial charge in [0.1, 0.15) is 5.75 Å². The summed E-state index contributed by atoms with van der Waals surface area (Å²) in [7, 11) is 0. The van der Waals surface area contributed by atoms with Crippen molar-refractivity contribution < 1.29 is 14.7 Å². The van der Waals surface area contributed by atoms with Gasteiger partial charge in [-0.15, -0.1) is 0 Å². The van der Waals surface area contributed by atoms with Crippen molar-refractivity contribution in [3.63, 3.8) is 0 Å². The number of nitrogens with zero attached hydrogens (tertiary/aromatic N) is 2. The zero-order valence-corrected chi connectivity index (χ0v) is 16.7. The fourth-order valence-corrected chi connectivity index (χ4v) is 3.88. The Morgan fingerprint density at radius 2 is 1.96 bits per heavy atom. The van der Waals surface area contributed by atoms with E-state index in [4.69, 9.17) is 0 Å². The number of hydrogen-bond acceptors (Lipinski definition) is 4. The van der Waals surface area contributed by atoms with E-state index in [0.717, 1.165) is 16.6 Å². The number of benzene rings is 2. The van der Waals surface area contributed by atoms with Crippen LogP contribution in [0.5, 0.6) is 5.75 Å². The van der Waals surface area contributed by atoms with Gasteiger partial charge in [-0.2, -0.15) is 5.10 Å². The molecule has 1 aliphatic heterocycles. The van der Waals surface area contributed by atoms with Gasteiger partial charge < -0.3 is 10.0 Å². The van der Waals surface area contributed by atoms with Crippen LogP contribution in [0.2, 0.25) is 0 Å². The average Bonchev–Trinajstić information content (AvgIpc) is 3.05. The molecule has 0 radical (unpaired) electrons. The summed E-state index contributed by atoms with van der Waals surface area (Å²) in [5.74, 6) is -0.244. The largest absolute Gasteiger partial charge is 0.506 e. The summed E-state index contributed by atoms with van der Waals surface area (Å²) >= 11 is 6.56. The van der Waals surface area contributed by atoms with Crippen molar-refractivity contribution in [2.24, 2.45) is 5.10 Å². The molecule has 26 heavy (non-hydrogen) atoms. The maximum Gasteiger partial charge on any atom is 0.271 e. The molecule has 0 spiro atoms. The third-order valence-corrected chi connectivity index (χ3v) is 5.00. The summed E-state index contributed by atoms with van der Waals surface area (Å²) in [5, 5.41) is 13.8. The standard InChI is InChI=1S/C18H15Br2N3O3/c19-13-8-12(17(25)15(20)9-13)10-21-22-18(26)11-3-5-14(6-4-11)23-7-1-2-16(23)24/h3-6,8-10,25H,1-2,7H2,(H,22,26)/b21-10+. The van der Waals surface area contributed by atoms with Gasteiger partial charge in [0.15, 0.2) is 0 Å². The van der Waals surface area contributed by atoms with E-state index in [1.165, 1.54) is 6.21 Å². The first kappa shape index (κ1) is 18.6. The maximum atomic E-state index is 12.2. The second kappa shape index (κ2) is 8.01. The molecule has 3 rings (SSSR count). The second-order valence-electron chi connectivity index (χ2n) is 5.72. The number of halogens is 2. The highest BCUT2D eigenvalue weighted by Gasteiger charge is 2.21. The minimum absolute atomic E-state index is 0.0332. The van der Waals surface area contributed by atoms with Crippen molar-refractivity contribution in [3.05, 3.63) is 56.5 Å². The van der Waals surface area contributed by atoms with Crippen LogP contribution in [0, 0.1) is 0 Å². The van der Waals surface area contributed by atoms with Crippen molar-refractivity contribution in [1.29, 1.82) is 0 Å². The third kappa shape index (κ3) is 4.13. The van der Waals surface area contributed by atoms with Crippen LogP contribution >= 0.6 is 31.9 Å². The summed E-state index contributed by atoms with van der Waals surface area (Å²) in [5.41, 5.74) is 4.09. The van der Waals surface area contributed by atoms with E-state index in [2.05, 4.69) is 42.4 Å². The first-order chi connectivity index (χ1) is 12.5. The molecule has 1 aliphatic rings. The van der Waals surface area contributed by atoms with Gasteiger partial charge in [-0.05, 0) is 58.7 Å². The highest BCUT2D eigenvalue weighted by Crippen LogP contribution is 2.30. The van der Waals surface area contributed by atoms with Gasteiger partial charge in [-0.25, -0.2) is 5.43 Å². The lowest BCUT2D eigenvalue weighted by atomic mass is 10.2. The number of carbonyl (C=O) groups is 2. The summed E-state index contributed by atoms with van der Waals surface area (Å²) in [6.07, 6.45) is 2.78. The van der Waals surface area contributed by atoms with Gasteiger partial charge in [0.05, 0.1) is 10.7 Å². The third-order valence-electron chi connectivity index (χ3n) is 3.94. The number of anilines is 1. The van der Waals surface area contributed by atoms with Crippen LogP contribution in [0.1, 0.15) is 28.8 Å². The van der Waals surface area contributed by atoms with Crippen LogP contribution in [0.25, 0.3) is 0 Å². The molecular formula is C18H15Br2N3O3. The summed E-state index contributed by atoms with van der Waals surface area (Å²) in [4.78, 5) is 25.6. The lowest BCUT2D eigenvalue weighted by Gasteiger charge is -2.15. The Morgan fingerprint density at radius 1 is 1.23 bits per heavy atom. The molecule has 0 aliphatic carbocycles. The molecule has 134 valence electrons. The van der Waals surface area contributed by atoms with E-state index in [0.29, 0.717) is 28.6 Å². The van der Waals surface area contributed by atoms with Crippen molar-refractivity contribution >= 4 is 55.6 Å². The minimum atomic E-state index is -0.380. The number of rotatable bonds is 4. The molecule has 1 fully saturated rings. The summed E-state index contributed by atoms with van der Waals surface area (Å²) in [6.45, 7) is 0.709. The molecule has 0 saturated carbocycles. The quantitative estimate of drug-likeness (QED) is 0.515. The van der Waals surface area contributed by atoms with Crippen LogP contribution in [-0.4, -0.2) is 29.7 Å². The summed E-state index contributed by atoms with van der Waals surface area (Å²) in [6, 6.07) is 10.2. The van der Waals surface area contributed by atoms with Crippen LogP contribution in [0.15, 0.2) is 50.4 Å². The molecule has 6 nitrogen and oxygen atoms in total. The molecule has 2 aromatic rings. The molecule has 2 amide bonds. The minimum Gasteiger partial charge on any atom is -0.506 e. The van der Waals surface area contributed by atoms with Gasteiger partial charge in [0, 0.05) is 34.3 Å². The van der Waals surface area contributed by atoms with Crippen LogP contribution in [0.4, 0.5) is 5.69 Å². The number of phenolic OH excluding ortho intramolecular Hbond substituents is 1. The number of aromatic hydroxyl groups is 1. The van der Waals surface area contributed by atoms with E-state index in [1.807, 2.05) is 0 Å². The van der Waals surface area contributed by atoms with Gasteiger partial charge >= 0.3 is 0 Å². The van der Waals surface area contributed by atoms with E-state index < -0.39 is 0 Å². The Morgan fingerprint density at radius 3 is 2.62 bits per heavy atom. The van der Waals surface area contributed by atoms with E-state index >= 15 is 0 Å². The van der Waals surface area contributed by atoms with Crippen molar-refractivity contribution in [3.8, 4) is 5.75 Å². The first-order valence-electron chi connectivity index (χ1n) is 7.87. The van der Waals surface area contributed by atoms with Crippen LogP contribution in [-0.2, 0) is 4.79 Å². The highest BCUT2D eigenvalue weighted by molar-refractivity contribution is 9.11. The first-order valence-corrected chi connectivity index (χ1v) is 9.46. The smallest absolute Gasteiger partial charge is 0.271 e. The molecule has 1 saturated heterocycles.